The van der Waals surface area contributed by atoms with Gasteiger partial charge in [-0.05, 0) is 43.1 Å². The molecule has 0 spiro atoms. The number of rotatable bonds is 5. The van der Waals surface area contributed by atoms with Crippen LogP contribution in [0.3, 0.4) is 0 Å². The number of benzene rings is 1. The summed E-state index contributed by atoms with van der Waals surface area (Å²) in [5.41, 5.74) is 0. The maximum Gasteiger partial charge on any atom is 0.123 e. The molecule has 0 aliphatic carbocycles. The molecule has 2 nitrogen and oxygen atoms in total. The van der Waals surface area contributed by atoms with Crippen LogP contribution in [-0.2, 0) is 0 Å². The molecule has 100 valence electrons. The Kier molecular flexibility index (Phi) is 5.03. The third-order valence-electron chi connectivity index (χ3n) is 3.65. The van der Waals surface area contributed by atoms with Crippen LogP contribution in [0.2, 0.25) is 0 Å². The van der Waals surface area contributed by atoms with Crippen LogP contribution >= 0.6 is 11.8 Å². The second-order valence-electron chi connectivity index (χ2n) is 4.85. The molecule has 1 heterocycles. The summed E-state index contributed by atoms with van der Waals surface area (Å²) < 4.78 is 12.7. The van der Waals surface area contributed by atoms with Crippen LogP contribution in [0.25, 0.3) is 0 Å². The average Bonchev–Trinajstić information content (AvgIpc) is 2.72. The molecular formula is C14H20FNOS. The Balaban J connectivity index is 1.77. The molecule has 1 aromatic carbocycles. The molecule has 1 fully saturated rings. The Morgan fingerprint density at radius 1 is 1.39 bits per heavy atom. The van der Waals surface area contributed by atoms with E-state index in [0.717, 1.165) is 23.7 Å². The molecule has 0 bridgehead atoms. The number of thioether (sulfide) groups is 1. The van der Waals surface area contributed by atoms with E-state index in [9.17, 15) is 9.50 Å². The van der Waals surface area contributed by atoms with Crippen molar-refractivity contribution in [2.45, 2.75) is 24.3 Å². The molecule has 0 radical (unpaired) electrons. The molecule has 1 aliphatic rings. The largest absolute Gasteiger partial charge is 0.395 e. The molecule has 1 aliphatic heterocycles. The first-order valence-electron chi connectivity index (χ1n) is 6.44. The van der Waals surface area contributed by atoms with Crippen molar-refractivity contribution >= 4 is 11.8 Å². The van der Waals surface area contributed by atoms with E-state index in [1.54, 1.807) is 11.8 Å². The highest BCUT2D eigenvalue weighted by Crippen LogP contribution is 2.25. The number of likely N-dealkylation sites (tertiary alicyclic amines) is 1. The normalized spacial score (nSPS) is 24.6. The summed E-state index contributed by atoms with van der Waals surface area (Å²) in [5.74, 6) is 1.38. The van der Waals surface area contributed by atoms with Crippen molar-refractivity contribution in [2.75, 3.05) is 25.4 Å². The highest BCUT2D eigenvalue weighted by Gasteiger charge is 2.29. The second kappa shape index (κ2) is 6.55. The van der Waals surface area contributed by atoms with Crippen LogP contribution in [0.1, 0.15) is 13.3 Å². The van der Waals surface area contributed by atoms with Gasteiger partial charge in [0.05, 0.1) is 6.61 Å². The Morgan fingerprint density at radius 2 is 2.11 bits per heavy atom. The van der Waals surface area contributed by atoms with Crippen molar-refractivity contribution in [3.8, 4) is 0 Å². The maximum absolute atomic E-state index is 12.7. The fourth-order valence-corrected chi connectivity index (χ4v) is 3.36. The molecule has 4 heteroatoms. The molecule has 1 saturated heterocycles. The van der Waals surface area contributed by atoms with Crippen molar-refractivity contribution in [3.63, 3.8) is 0 Å². The van der Waals surface area contributed by atoms with E-state index in [1.807, 2.05) is 12.1 Å². The summed E-state index contributed by atoms with van der Waals surface area (Å²) in [5, 5.41) is 9.36. The Bertz CT molecular complexity index is 371. The van der Waals surface area contributed by atoms with E-state index in [1.165, 1.54) is 18.6 Å². The predicted molar refractivity (Wildman–Crippen MR) is 73.4 cm³/mol. The van der Waals surface area contributed by atoms with Crippen molar-refractivity contribution < 1.29 is 9.50 Å². The zero-order valence-corrected chi connectivity index (χ0v) is 11.5. The molecule has 2 atom stereocenters. The summed E-state index contributed by atoms with van der Waals surface area (Å²) in [7, 11) is 0. The third-order valence-corrected chi connectivity index (χ3v) is 4.64. The minimum absolute atomic E-state index is 0.187. The topological polar surface area (TPSA) is 23.5 Å². The van der Waals surface area contributed by atoms with E-state index < -0.39 is 0 Å². The van der Waals surface area contributed by atoms with Crippen molar-refractivity contribution in [1.82, 2.24) is 4.90 Å². The lowest BCUT2D eigenvalue weighted by atomic mass is 10.0. The van der Waals surface area contributed by atoms with Crippen molar-refractivity contribution in [1.29, 1.82) is 0 Å². The van der Waals surface area contributed by atoms with Crippen LogP contribution in [0.5, 0.6) is 0 Å². The van der Waals surface area contributed by atoms with Gasteiger partial charge in [-0.2, -0.15) is 0 Å². The third kappa shape index (κ3) is 3.46. The van der Waals surface area contributed by atoms with Gasteiger partial charge < -0.3 is 5.11 Å². The van der Waals surface area contributed by atoms with Crippen LogP contribution in [0.4, 0.5) is 4.39 Å². The molecule has 2 rings (SSSR count). The lowest BCUT2D eigenvalue weighted by Gasteiger charge is -2.24. The zero-order valence-electron chi connectivity index (χ0n) is 10.7. The molecule has 0 aromatic heterocycles. The fraction of sp³-hybridized carbons (Fsp3) is 0.571. The molecule has 18 heavy (non-hydrogen) atoms. The molecule has 0 amide bonds. The van der Waals surface area contributed by atoms with Gasteiger partial charge in [0.2, 0.25) is 0 Å². The van der Waals surface area contributed by atoms with E-state index in [4.69, 9.17) is 0 Å². The quantitative estimate of drug-likeness (QED) is 0.831. The van der Waals surface area contributed by atoms with E-state index in [0.29, 0.717) is 12.0 Å². The van der Waals surface area contributed by atoms with Gasteiger partial charge in [0, 0.05) is 23.2 Å². The fourth-order valence-electron chi connectivity index (χ4n) is 2.47. The Labute approximate surface area is 112 Å². The van der Waals surface area contributed by atoms with E-state index in [2.05, 4.69) is 11.8 Å². The number of nitrogens with zero attached hydrogens (tertiary/aromatic N) is 1. The first kappa shape index (κ1) is 13.8. The summed E-state index contributed by atoms with van der Waals surface area (Å²) in [6, 6.07) is 6.94. The first-order chi connectivity index (χ1) is 8.70. The van der Waals surface area contributed by atoms with Gasteiger partial charge in [0.1, 0.15) is 5.82 Å². The Morgan fingerprint density at radius 3 is 2.78 bits per heavy atom. The maximum atomic E-state index is 12.7. The average molecular weight is 269 g/mol. The van der Waals surface area contributed by atoms with Gasteiger partial charge in [-0.15, -0.1) is 11.8 Å². The summed E-state index contributed by atoms with van der Waals surface area (Å²) >= 11 is 1.74. The highest BCUT2D eigenvalue weighted by molar-refractivity contribution is 7.99. The molecule has 1 aromatic rings. The molecular weight excluding hydrogens is 249 g/mol. The lowest BCUT2D eigenvalue weighted by molar-refractivity contribution is 0.145. The first-order valence-corrected chi connectivity index (χ1v) is 7.42. The van der Waals surface area contributed by atoms with Crippen molar-refractivity contribution in [3.05, 3.63) is 30.1 Å². The monoisotopic (exact) mass is 269 g/mol. The van der Waals surface area contributed by atoms with Crippen molar-refractivity contribution in [2.24, 2.45) is 5.92 Å². The van der Waals surface area contributed by atoms with Gasteiger partial charge in [-0.25, -0.2) is 4.39 Å². The summed E-state index contributed by atoms with van der Waals surface area (Å²) in [4.78, 5) is 3.46. The van der Waals surface area contributed by atoms with Gasteiger partial charge in [-0.3, -0.25) is 4.90 Å². The lowest BCUT2D eigenvalue weighted by Crippen LogP contribution is -2.36. The molecule has 2 unspecified atom stereocenters. The minimum Gasteiger partial charge on any atom is -0.395 e. The van der Waals surface area contributed by atoms with Crippen LogP contribution < -0.4 is 0 Å². The van der Waals surface area contributed by atoms with Gasteiger partial charge >= 0.3 is 0 Å². The summed E-state index contributed by atoms with van der Waals surface area (Å²) in [6.45, 7) is 4.52. The number of aliphatic hydroxyl groups is 1. The standard InChI is InChI=1S/C14H20FNOS/c1-11-6-7-16(14(11)10-17)8-9-18-13-4-2-12(15)3-5-13/h2-5,11,14,17H,6-10H2,1H3. The molecule has 0 saturated carbocycles. The predicted octanol–water partition coefficient (Wildman–Crippen LogP) is 2.62. The van der Waals surface area contributed by atoms with E-state index in [-0.39, 0.29) is 12.4 Å². The zero-order chi connectivity index (χ0) is 13.0. The second-order valence-corrected chi connectivity index (χ2v) is 6.02. The van der Waals surface area contributed by atoms with Gasteiger partial charge in [0.15, 0.2) is 0 Å². The SMILES string of the molecule is CC1CCN(CCSc2ccc(F)cc2)C1CO. The van der Waals surface area contributed by atoms with Crippen LogP contribution in [0.15, 0.2) is 29.2 Å². The number of aliphatic hydroxyl groups excluding tert-OH is 1. The van der Waals surface area contributed by atoms with Crippen LogP contribution in [-0.4, -0.2) is 41.5 Å². The molecule has 1 N–H and O–H groups in total. The summed E-state index contributed by atoms with van der Waals surface area (Å²) in [6.07, 6.45) is 1.17. The number of hydrogen-bond acceptors (Lipinski definition) is 3. The Hall–Kier alpha value is -0.580. The minimum atomic E-state index is -0.187. The van der Waals surface area contributed by atoms with Gasteiger partial charge in [0.25, 0.3) is 0 Å². The van der Waals surface area contributed by atoms with Crippen LogP contribution in [0, 0.1) is 11.7 Å². The highest BCUT2D eigenvalue weighted by atomic mass is 32.2. The van der Waals surface area contributed by atoms with E-state index >= 15 is 0 Å². The number of hydrogen-bond donors (Lipinski definition) is 1. The smallest absolute Gasteiger partial charge is 0.123 e. The number of halogens is 1. The van der Waals surface area contributed by atoms with Gasteiger partial charge in [-0.1, -0.05) is 6.92 Å².